The maximum atomic E-state index is 15.0. The number of carbonyl (C=O) groups is 2. The first-order chi connectivity index (χ1) is 19.5. The van der Waals surface area contributed by atoms with Crippen LogP contribution in [-0.2, 0) is 27.7 Å². The Morgan fingerprint density at radius 2 is 1.90 bits per heavy atom. The Bertz CT molecular complexity index is 1370. The fourth-order valence-corrected chi connectivity index (χ4v) is 6.63. The summed E-state index contributed by atoms with van der Waals surface area (Å²) in [5, 5.41) is 6.49. The van der Waals surface area contributed by atoms with Crippen molar-refractivity contribution < 1.29 is 27.2 Å². The smallest absolute Gasteiger partial charge is 0.363 e. The molecule has 3 fully saturated rings. The summed E-state index contributed by atoms with van der Waals surface area (Å²) in [7, 11) is 0. The lowest BCUT2D eigenvalue weighted by molar-refractivity contribution is -0.143. The molecule has 1 aromatic carbocycles. The van der Waals surface area contributed by atoms with E-state index in [4.69, 9.17) is 4.98 Å². The lowest BCUT2D eigenvalue weighted by atomic mass is 9.76. The van der Waals surface area contributed by atoms with Gasteiger partial charge < -0.3 is 20.4 Å². The van der Waals surface area contributed by atoms with E-state index in [2.05, 4.69) is 15.6 Å². The number of fused-ring (bicyclic) bond motifs is 2. The molecule has 1 unspecified atom stereocenters. The van der Waals surface area contributed by atoms with Crippen LogP contribution in [0.5, 0.6) is 0 Å². The van der Waals surface area contributed by atoms with Crippen LogP contribution in [0.1, 0.15) is 73.3 Å². The van der Waals surface area contributed by atoms with E-state index in [1.54, 1.807) is 18.7 Å². The van der Waals surface area contributed by atoms with Crippen molar-refractivity contribution in [3.63, 3.8) is 0 Å². The summed E-state index contributed by atoms with van der Waals surface area (Å²) in [6.45, 7) is 5.77. The molecule has 4 heterocycles. The molecule has 2 N–H and O–H groups in total. The second-order valence-electron chi connectivity index (χ2n) is 11.8. The van der Waals surface area contributed by atoms with Gasteiger partial charge in [-0.15, -0.1) is 0 Å². The molecule has 41 heavy (non-hydrogen) atoms. The summed E-state index contributed by atoms with van der Waals surface area (Å²) in [6, 6.07) is 2.38. The predicted octanol–water partition coefficient (Wildman–Crippen LogP) is 4.09. The molecule has 1 aromatic heterocycles. The summed E-state index contributed by atoms with van der Waals surface area (Å²) < 4.78 is 55.3. The van der Waals surface area contributed by atoms with E-state index in [0.29, 0.717) is 35.9 Å². The first-order valence-electron chi connectivity index (χ1n) is 14.3. The number of nitrogens with one attached hydrogen (secondary N) is 2. The number of hydrogen-bond donors (Lipinski definition) is 2. The van der Waals surface area contributed by atoms with Crippen LogP contribution in [0.15, 0.2) is 18.2 Å². The molecule has 220 valence electrons. The van der Waals surface area contributed by atoms with Crippen LogP contribution in [0.3, 0.4) is 0 Å². The molecular weight excluding hydrogens is 540 g/mol. The Kier molecular flexibility index (Phi) is 6.94. The van der Waals surface area contributed by atoms with Gasteiger partial charge in [-0.05, 0) is 65.1 Å². The third-order valence-electron chi connectivity index (χ3n) is 8.98. The standard InChI is InChI=1S/C29H34F4N6O2/c1-16(20-4-3-5-22(23(20)30)29(31,32)33)35-25-21-14-39(19-8-11-34-12-9-19)27(41)28(24(21)36-17(2)37-25)10-13-38(15-28)26(40)18-6-7-18/h3-5,16,18-19,34H,6-15H2,1-2H3,(H,35,36,37)/t16-,28?/m1/s1. The number of amides is 2. The molecule has 6 rings (SSSR count). The quantitative estimate of drug-likeness (QED) is 0.523. The molecule has 8 nitrogen and oxygen atoms in total. The van der Waals surface area contributed by atoms with Crippen molar-refractivity contribution in [2.24, 2.45) is 5.92 Å². The Hall–Kier alpha value is -3.28. The highest BCUT2D eigenvalue weighted by molar-refractivity contribution is 5.93. The average Bonchev–Trinajstić information content (AvgIpc) is 3.69. The number of likely N-dealkylation sites (tertiary alicyclic amines) is 1. The van der Waals surface area contributed by atoms with Gasteiger partial charge in [0.25, 0.3) is 0 Å². The van der Waals surface area contributed by atoms with Gasteiger partial charge in [0.1, 0.15) is 22.9 Å². The number of aryl methyl sites for hydroxylation is 1. The van der Waals surface area contributed by atoms with E-state index in [1.165, 1.54) is 12.1 Å². The number of rotatable bonds is 5. The van der Waals surface area contributed by atoms with Gasteiger partial charge >= 0.3 is 6.18 Å². The van der Waals surface area contributed by atoms with Gasteiger partial charge in [-0.3, -0.25) is 9.59 Å². The molecule has 1 aliphatic carbocycles. The van der Waals surface area contributed by atoms with Crippen LogP contribution in [0, 0.1) is 18.7 Å². The van der Waals surface area contributed by atoms with Gasteiger partial charge in [0.15, 0.2) is 0 Å². The molecule has 2 amide bonds. The normalized spacial score (nSPS) is 24.1. The molecule has 2 aromatic rings. The van der Waals surface area contributed by atoms with Crippen LogP contribution in [0.2, 0.25) is 0 Å². The highest BCUT2D eigenvalue weighted by atomic mass is 19.4. The summed E-state index contributed by atoms with van der Waals surface area (Å²) in [5.74, 6) is -0.506. The fraction of sp³-hybridized carbons (Fsp3) is 0.586. The van der Waals surface area contributed by atoms with Crippen LogP contribution >= 0.6 is 0 Å². The molecule has 4 aliphatic rings. The molecular formula is C29H34F4N6O2. The number of halogens is 4. The average molecular weight is 575 g/mol. The van der Waals surface area contributed by atoms with Crippen molar-refractivity contribution in [1.29, 1.82) is 0 Å². The fourth-order valence-electron chi connectivity index (χ4n) is 6.63. The Morgan fingerprint density at radius 1 is 1.17 bits per heavy atom. The highest BCUT2D eigenvalue weighted by Gasteiger charge is 2.56. The van der Waals surface area contributed by atoms with E-state index in [1.807, 2.05) is 4.90 Å². The second-order valence-corrected chi connectivity index (χ2v) is 11.8. The zero-order chi connectivity index (χ0) is 29.1. The largest absolute Gasteiger partial charge is 0.419 e. The SMILES string of the molecule is Cc1nc(N[C@H](C)c2cccc(C(F)(F)F)c2F)c2c(n1)C1(CCN(C(=O)C3CC3)C1)C(=O)N(C1CCNCC1)C2. The molecule has 2 saturated heterocycles. The van der Waals surface area contributed by atoms with Crippen LogP contribution in [0.4, 0.5) is 23.4 Å². The summed E-state index contributed by atoms with van der Waals surface area (Å²) >= 11 is 0. The molecule has 2 atom stereocenters. The van der Waals surface area contributed by atoms with Crippen molar-refractivity contribution in [3.8, 4) is 0 Å². The maximum Gasteiger partial charge on any atom is 0.419 e. The third kappa shape index (κ3) is 4.93. The highest BCUT2D eigenvalue weighted by Crippen LogP contribution is 2.46. The van der Waals surface area contributed by atoms with Crippen molar-refractivity contribution >= 4 is 17.6 Å². The molecule has 0 radical (unpaired) electrons. The summed E-state index contributed by atoms with van der Waals surface area (Å²) in [5.41, 5.74) is -1.25. The predicted molar refractivity (Wildman–Crippen MR) is 142 cm³/mol. The minimum absolute atomic E-state index is 0.00514. The minimum atomic E-state index is -4.82. The van der Waals surface area contributed by atoms with E-state index >= 15 is 4.39 Å². The number of alkyl halides is 3. The monoisotopic (exact) mass is 574 g/mol. The third-order valence-corrected chi connectivity index (χ3v) is 8.98. The summed E-state index contributed by atoms with van der Waals surface area (Å²) in [4.78, 5) is 40.4. The molecule has 1 spiro atoms. The van der Waals surface area contributed by atoms with Gasteiger partial charge in [0, 0.05) is 36.2 Å². The number of piperidine rings is 1. The number of anilines is 1. The molecule has 1 saturated carbocycles. The first kappa shape index (κ1) is 27.9. The van der Waals surface area contributed by atoms with Crippen LogP contribution in [-0.4, -0.2) is 63.8 Å². The lowest BCUT2D eigenvalue weighted by Crippen LogP contribution is -2.58. The van der Waals surface area contributed by atoms with Crippen molar-refractivity contribution in [3.05, 3.63) is 52.2 Å². The van der Waals surface area contributed by atoms with Crippen LogP contribution < -0.4 is 10.6 Å². The lowest BCUT2D eigenvalue weighted by Gasteiger charge is -2.45. The van der Waals surface area contributed by atoms with Gasteiger partial charge in [0.2, 0.25) is 11.8 Å². The molecule has 12 heteroatoms. The number of hydrogen-bond acceptors (Lipinski definition) is 6. The number of benzene rings is 1. The van der Waals surface area contributed by atoms with E-state index in [-0.39, 0.29) is 42.4 Å². The van der Waals surface area contributed by atoms with Gasteiger partial charge in [-0.1, -0.05) is 12.1 Å². The maximum absolute atomic E-state index is 15.0. The second kappa shape index (κ2) is 10.2. The van der Waals surface area contributed by atoms with Gasteiger partial charge in [-0.25, -0.2) is 14.4 Å². The number of aromatic nitrogens is 2. The van der Waals surface area contributed by atoms with Gasteiger partial charge in [-0.2, -0.15) is 13.2 Å². The van der Waals surface area contributed by atoms with Crippen LogP contribution in [0.25, 0.3) is 0 Å². The van der Waals surface area contributed by atoms with Crippen molar-refractivity contribution in [2.45, 2.75) is 76.2 Å². The first-order valence-corrected chi connectivity index (χ1v) is 14.3. The van der Waals surface area contributed by atoms with Crippen molar-refractivity contribution in [1.82, 2.24) is 25.1 Å². The minimum Gasteiger partial charge on any atom is -0.363 e. The van der Waals surface area contributed by atoms with Crippen molar-refractivity contribution in [2.75, 3.05) is 31.5 Å². The zero-order valence-corrected chi connectivity index (χ0v) is 23.2. The molecule has 3 aliphatic heterocycles. The Morgan fingerprint density at radius 3 is 2.59 bits per heavy atom. The van der Waals surface area contributed by atoms with E-state index in [0.717, 1.165) is 44.8 Å². The number of carbonyl (C=O) groups excluding carboxylic acids is 2. The Labute approximate surface area is 235 Å². The Balaban J connectivity index is 1.40. The van der Waals surface area contributed by atoms with E-state index in [9.17, 15) is 22.8 Å². The number of nitrogens with zero attached hydrogens (tertiary/aromatic N) is 4. The summed E-state index contributed by atoms with van der Waals surface area (Å²) in [6.07, 6.45) is -1.08. The molecule has 0 bridgehead atoms. The zero-order valence-electron chi connectivity index (χ0n) is 23.2. The topological polar surface area (TPSA) is 90.5 Å². The van der Waals surface area contributed by atoms with Gasteiger partial charge in [0.05, 0.1) is 23.8 Å². The van der Waals surface area contributed by atoms with E-state index < -0.39 is 29.0 Å².